The van der Waals surface area contributed by atoms with Crippen molar-refractivity contribution in [3.05, 3.63) is 22.6 Å². The van der Waals surface area contributed by atoms with Gasteiger partial charge >= 0.3 is 2.85 Å². The van der Waals surface area contributed by atoms with Crippen LogP contribution in [0, 0.1) is 0 Å². The van der Waals surface area contributed by atoms with Gasteiger partial charge in [0.2, 0.25) is 0 Å². The third-order valence-electron chi connectivity index (χ3n) is 1.03. The number of aromatic amines is 1. The minimum atomic E-state index is -0.338. The van der Waals surface area contributed by atoms with Crippen molar-refractivity contribution in [1.29, 1.82) is 0 Å². The van der Waals surface area contributed by atoms with Gasteiger partial charge < -0.3 is 16.5 Å². The van der Waals surface area contributed by atoms with Gasteiger partial charge in [0.05, 0.1) is 5.69 Å². The highest BCUT2D eigenvalue weighted by Crippen LogP contribution is 2.03. The fourth-order valence-electron chi connectivity index (χ4n) is 0.506. The Morgan fingerprint density at radius 2 is 2.22 bits per heavy atom. The first-order chi connectivity index (χ1) is 4.22. The fourth-order valence-corrected chi connectivity index (χ4v) is 0.506. The second kappa shape index (κ2) is 1.81. The lowest BCUT2D eigenvalue weighted by atomic mass is 10.4. The summed E-state index contributed by atoms with van der Waals surface area (Å²) in [4.78, 5) is 13.0. The Morgan fingerprint density at radius 3 is 2.67 bits per heavy atom. The number of H-pyrrole nitrogens is 1. The van der Waals surface area contributed by atoms with Gasteiger partial charge in [0.15, 0.2) is 0 Å². The zero-order valence-electron chi connectivity index (χ0n) is 6.72. The third kappa shape index (κ3) is 0.861. The van der Waals surface area contributed by atoms with E-state index in [2.05, 4.69) is 4.98 Å². The van der Waals surface area contributed by atoms with Crippen molar-refractivity contribution in [2.75, 3.05) is 11.5 Å². The molecular formula is C5H9N3O+2. The van der Waals surface area contributed by atoms with Crippen LogP contribution in [0.1, 0.15) is 2.85 Å². The zero-order chi connectivity index (χ0) is 6.85. The lowest BCUT2D eigenvalue weighted by Gasteiger charge is -1.93. The van der Waals surface area contributed by atoms with Crippen molar-refractivity contribution in [2.24, 2.45) is 0 Å². The summed E-state index contributed by atoms with van der Waals surface area (Å²) >= 11 is 0. The van der Waals surface area contributed by atoms with Gasteiger partial charge in [-0.15, -0.1) is 0 Å². The zero-order valence-corrected chi connectivity index (χ0v) is 4.72. The van der Waals surface area contributed by atoms with Crippen molar-refractivity contribution in [2.45, 2.75) is 0 Å². The van der Waals surface area contributed by atoms with E-state index < -0.39 is 0 Å². The number of hydrogen-bond donors (Lipinski definition) is 3. The van der Waals surface area contributed by atoms with Crippen LogP contribution in [-0.4, -0.2) is 4.98 Å². The van der Waals surface area contributed by atoms with E-state index in [9.17, 15) is 4.79 Å². The third-order valence-corrected chi connectivity index (χ3v) is 1.03. The molecule has 0 bridgehead atoms. The average molecular weight is 127 g/mol. The molecule has 0 aliphatic heterocycles. The summed E-state index contributed by atoms with van der Waals surface area (Å²) < 4.78 is 0. The molecule has 4 heteroatoms. The highest BCUT2D eigenvalue weighted by Gasteiger charge is 1.94. The van der Waals surface area contributed by atoms with Crippen LogP contribution in [0.3, 0.4) is 0 Å². The molecule has 5 N–H and O–H groups in total. The summed E-state index contributed by atoms with van der Waals surface area (Å²) in [6.07, 6.45) is 1.45. The molecule has 0 aliphatic carbocycles. The van der Waals surface area contributed by atoms with Crippen LogP contribution < -0.4 is 17.0 Å². The van der Waals surface area contributed by atoms with Crippen LogP contribution in [0.15, 0.2) is 17.1 Å². The summed E-state index contributed by atoms with van der Waals surface area (Å²) in [6.45, 7) is 0. The minimum absolute atomic E-state index is 0. The summed E-state index contributed by atoms with van der Waals surface area (Å²) in [5, 5.41) is 0. The van der Waals surface area contributed by atoms with E-state index in [1.165, 1.54) is 12.3 Å². The molecule has 0 fully saturated rings. The van der Waals surface area contributed by atoms with E-state index >= 15 is 0 Å². The Bertz CT molecular complexity index is 273. The molecule has 1 aromatic rings. The average Bonchev–Trinajstić information content (AvgIpc) is 1.83. The van der Waals surface area contributed by atoms with Gasteiger partial charge in [-0.2, -0.15) is 0 Å². The van der Waals surface area contributed by atoms with Crippen LogP contribution in [0.5, 0.6) is 0 Å². The molecule has 0 aliphatic rings. The quantitative estimate of drug-likeness (QED) is 0.449. The summed E-state index contributed by atoms with van der Waals surface area (Å²) in [5.74, 6) is 0. The molecule has 0 unspecified atom stereocenters. The second-order valence-corrected chi connectivity index (χ2v) is 1.68. The number of anilines is 2. The molecule has 1 heterocycles. The first-order valence-electron chi connectivity index (χ1n) is 2.44. The van der Waals surface area contributed by atoms with E-state index in [0.717, 1.165) is 0 Å². The Labute approximate surface area is 54.5 Å². The number of nitrogen functional groups attached to an aromatic ring is 2. The molecule has 9 heavy (non-hydrogen) atoms. The Kier molecular flexibility index (Phi) is 1.14. The summed E-state index contributed by atoms with van der Waals surface area (Å²) in [5.41, 5.74) is 10.6. The Hall–Kier alpha value is -1.45. The molecule has 0 saturated carbocycles. The monoisotopic (exact) mass is 127 g/mol. The van der Waals surface area contributed by atoms with Crippen molar-refractivity contribution >= 4 is 11.4 Å². The fraction of sp³-hybridized carbons (Fsp3) is 0. The molecule has 48 valence electrons. The molecule has 0 amide bonds. The van der Waals surface area contributed by atoms with Gasteiger partial charge in [-0.25, -0.2) is 0 Å². The van der Waals surface area contributed by atoms with E-state index in [4.69, 9.17) is 11.5 Å². The Morgan fingerprint density at radius 1 is 1.56 bits per heavy atom. The largest absolute Gasteiger partial charge is 1.00 e. The number of nitrogens with one attached hydrogen (secondary N) is 1. The lowest BCUT2D eigenvalue weighted by Crippen LogP contribution is -2.12. The Balaban J connectivity index is 0. The topological polar surface area (TPSA) is 84.9 Å². The van der Waals surface area contributed by atoms with E-state index in [1.54, 1.807) is 0 Å². The van der Waals surface area contributed by atoms with Crippen LogP contribution >= 0.6 is 0 Å². The normalized spacial score (nSPS) is 9.33. The van der Waals surface area contributed by atoms with Crippen molar-refractivity contribution < 1.29 is 2.85 Å². The van der Waals surface area contributed by atoms with Crippen molar-refractivity contribution in [1.82, 2.24) is 4.98 Å². The molecule has 0 atom stereocenters. The predicted molar refractivity (Wildman–Crippen MR) is 38.1 cm³/mol. The molecular weight excluding hydrogens is 118 g/mol. The van der Waals surface area contributed by atoms with Gasteiger partial charge in [0.1, 0.15) is 5.69 Å². The predicted octanol–water partition coefficient (Wildman–Crippen LogP) is -0.236. The van der Waals surface area contributed by atoms with Crippen LogP contribution in [0.25, 0.3) is 0 Å². The number of rotatable bonds is 0. The van der Waals surface area contributed by atoms with E-state index in [-0.39, 0.29) is 14.1 Å². The van der Waals surface area contributed by atoms with Gasteiger partial charge in [-0.3, -0.25) is 4.79 Å². The molecule has 0 radical (unpaired) electrons. The first kappa shape index (κ1) is 5.68. The smallest absolute Gasteiger partial charge is 0.397 e. The summed E-state index contributed by atoms with van der Waals surface area (Å²) in [7, 11) is 0. The minimum Gasteiger partial charge on any atom is -0.397 e. The molecule has 1 aromatic heterocycles. The van der Waals surface area contributed by atoms with Crippen molar-refractivity contribution in [3.63, 3.8) is 0 Å². The number of hydrogen-bond acceptors (Lipinski definition) is 3. The SMILES string of the molecule is Nc1cc[nH]c(=O)c1N.[H+].[H+]. The van der Waals surface area contributed by atoms with E-state index in [0.29, 0.717) is 5.69 Å². The second-order valence-electron chi connectivity index (χ2n) is 1.68. The van der Waals surface area contributed by atoms with Gasteiger partial charge in [0, 0.05) is 6.20 Å². The van der Waals surface area contributed by atoms with E-state index in [1.807, 2.05) is 0 Å². The molecule has 4 nitrogen and oxygen atoms in total. The molecule has 1 rings (SSSR count). The standard InChI is InChI=1S/C5H7N3O/c6-3-1-2-8-5(9)4(3)7/h1-2H,7H2,(H3,6,8,9)/p+2. The van der Waals surface area contributed by atoms with Crippen LogP contribution in [0.4, 0.5) is 11.4 Å². The highest BCUT2D eigenvalue weighted by atomic mass is 16.1. The van der Waals surface area contributed by atoms with Gasteiger partial charge in [0.25, 0.3) is 5.56 Å². The lowest BCUT2D eigenvalue weighted by molar-refractivity contribution is 1.25. The van der Waals surface area contributed by atoms with Crippen LogP contribution in [0.2, 0.25) is 0 Å². The van der Waals surface area contributed by atoms with Gasteiger partial charge in [-0.1, -0.05) is 0 Å². The maximum atomic E-state index is 10.6. The number of nitrogens with two attached hydrogens (primary N) is 2. The maximum Gasteiger partial charge on any atom is 1.00 e. The highest BCUT2D eigenvalue weighted by molar-refractivity contribution is 5.60. The van der Waals surface area contributed by atoms with Crippen molar-refractivity contribution in [3.8, 4) is 0 Å². The summed E-state index contributed by atoms with van der Waals surface area (Å²) in [6, 6.07) is 1.54. The van der Waals surface area contributed by atoms with Gasteiger partial charge in [-0.05, 0) is 6.07 Å². The molecule has 0 aromatic carbocycles. The number of aromatic nitrogens is 1. The molecule has 0 spiro atoms. The maximum absolute atomic E-state index is 10.6. The number of pyridine rings is 1. The van der Waals surface area contributed by atoms with Crippen LogP contribution in [-0.2, 0) is 0 Å². The first-order valence-corrected chi connectivity index (χ1v) is 2.44. The molecule has 0 saturated heterocycles.